The van der Waals surface area contributed by atoms with Crippen LogP contribution in [0, 0.1) is 11.7 Å². The van der Waals surface area contributed by atoms with Crippen LogP contribution in [0.4, 0.5) is 10.1 Å². The van der Waals surface area contributed by atoms with Gasteiger partial charge in [-0.2, -0.15) is 0 Å². The number of hydrogen-bond donors (Lipinski definition) is 0. The van der Waals surface area contributed by atoms with E-state index in [9.17, 15) is 0 Å². The van der Waals surface area contributed by atoms with Gasteiger partial charge in [0.25, 0.3) is 0 Å². The second-order valence-corrected chi connectivity index (χ2v) is 12.3. The normalized spacial score (nSPS) is 21.1. The molecule has 6 heterocycles. The molecule has 5 aliphatic rings. The van der Waals surface area contributed by atoms with Gasteiger partial charge < -0.3 is 19.3 Å². The molecule has 1 saturated heterocycles. The molecule has 6 heteroatoms. The Balaban J connectivity index is 1.19. The predicted octanol–water partition coefficient (Wildman–Crippen LogP) is 7.24. The maximum absolute atomic E-state index is 15.3. The summed E-state index contributed by atoms with van der Waals surface area (Å²) in [5.41, 5.74) is 12.0. The number of aryl methyl sites for hydroxylation is 2. The van der Waals surface area contributed by atoms with Gasteiger partial charge in [-0.05, 0) is 78.6 Å². The van der Waals surface area contributed by atoms with Crippen LogP contribution in [0.15, 0.2) is 72.2 Å². The molecule has 0 saturated carbocycles. The van der Waals surface area contributed by atoms with Crippen molar-refractivity contribution in [2.75, 3.05) is 31.2 Å². The molecule has 214 valence electrons. The molecule has 0 aliphatic carbocycles. The van der Waals surface area contributed by atoms with E-state index in [-0.39, 0.29) is 11.7 Å². The number of anilines is 1. The molecule has 1 atom stereocenters. The van der Waals surface area contributed by atoms with Crippen molar-refractivity contribution in [3.05, 3.63) is 106 Å². The van der Waals surface area contributed by atoms with E-state index in [4.69, 9.17) is 14.5 Å². The number of piperidine rings is 1. The number of aromatic nitrogens is 1. The first kappa shape index (κ1) is 25.6. The van der Waals surface area contributed by atoms with Gasteiger partial charge in [-0.3, -0.25) is 0 Å². The van der Waals surface area contributed by atoms with Crippen molar-refractivity contribution >= 4 is 22.3 Å². The van der Waals surface area contributed by atoms with Gasteiger partial charge in [0.1, 0.15) is 18.2 Å². The summed E-state index contributed by atoms with van der Waals surface area (Å²) in [6.45, 7) is 14.6. The number of hydrogen-bond acceptors (Lipinski definition) is 5. The Morgan fingerprint density at radius 1 is 1.05 bits per heavy atom. The van der Waals surface area contributed by atoms with Crippen LogP contribution in [0.1, 0.15) is 54.1 Å². The fourth-order valence-corrected chi connectivity index (χ4v) is 7.41. The fraction of sp³-hybridized carbons (Fsp3) is 0.361. The molecular weight excluding hydrogens is 525 g/mol. The van der Waals surface area contributed by atoms with Crippen molar-refractivity contribution in [2.45, 2.75) is 52.0 Å². The summed E-state index contributed by atoms with van der Waals surface area (Å²) in [6, 6.07) is 10.2. The average Bonchev–Trinajstić information content (AvgIpc) is 3.61. The molecule has 0 bridgehead atoms. The molecule has 0 spiro atoms. The monoisotopic (exact) mass is 561 g/mol. The number of ether oxygens (including phenoxy) is 2. The largest absolute Gasteiger partial charge is 0.493 e. The zero-order valence-electron chi connectivity index (χ0n) is 24.3. The number of nitrogens with zero attached hydrogens (tertiary/aromatic N) is 3. The highest BCUT2D eigenvalue weighted by Gasteiger charge is 2.38. The smallest absolute Gasteiger partial charge is 0.146 e. The van der Waals surface area contributed by atoms with Crippen molar-refractivity contribution < 1.29 is 13.9 Å². The molecule has 8 rings (SSSR count). The molecule has 1 unspecified atom stereocenters. The molecule has 0 N–H and O–H groups in total. The zero-order valence-corrected chi connectivity index (χ0v) is 24.3. The quantitative estimate of drug-likeness (QED) is 0.336. The molecule has 1 fully saturated rings. The Bertz CT molecular complexity index is 1750. The highest BCUT2D eigenvalue weighted by molar-refractivity contribution is 5.90. The Kier molecular flexibility index (Phi) is 5.95. The molecular formula is C36H36FN3O2. The number of rotatable bonds is 4. The Morgan fingerprint density at radius 3 is 2.74 bits per heavy atom. The maximum atomic E-state index is 15.3. The lowest BCUT2D eigenvalue weighted by Gasteiger charge is -2.36. The van der Waals surface area contributed by atoms with Crippen molar-refractivity contribution in [1.82, 2.24) is 9.88 Å². The van der Waals surface area contributed by atoms with E-state index in [1.807, 2.05) is 6.07 Å². The minimum absolute atomic E-state index is 0.101. The van der Waals surface area contributed by atoms with E-state index in [0.717, 1.165) is 103 Å². The minimum Gasteiger partial charge on any atom is -0.493 e. The highest BCUT2D eigenvalue weighted by Crippen LogP contribution is 2.47. The van der Waals surface area contributed by atoms with E-state index in [2.05, 4.69) is 54.2 Å². The van der Waals surface area contributed by atoms with Gasteiger partial charge in [-0.25, -0.2) is 9.37 Å². The van der Waals surface area contributed by atoms with Gasteiger partial charge in [0, 0.05) is 53.7 Å². The third kappa shape index (κ3) is 3.98. The van der Waals surface area contributed by atoms with Crippen molar-refractivity contribution in [3.63, 3.8) is 0 Å². The highest BCUT2D eigenvalue weighted by atomic mass is 19.1. The number of halogens is 1. The second-order valence-electron chi connectivity index (χ2n) is 12.3. The van der Waals surface area contributed by atoms with Crippen molar-refractivity contribution in [2.24, 2.45) is 5.92 Å². The summed E-state index contributed by atoms with van der Waals surface area (Å²) < 4.78 is 27.2. The average molecular weight is 562 g/mol. The lowest BCUT2D eigenvalue weighted by molar-refractivity contribution is 0.197. The minimum atomic E-state index is -0.109. The molecule has 1 aromatic heterocycles. The van der Waals surface area contributed by atoms with Crippen LogP contribution in [0.3, 0.4) is 0 Å². The summed E-state index contributed by atoms with van der Waals surface area (Å²) in [7, 11) is 0. The zero-order chi connectivity index (χ0) is 28.5. The van der Waals surface area contributed by atoms with Gasteiger partial charge in [0.15, 0.2) is 0 Å². The Morgan fingerprint density at radius 2 is 1.90 bits per heavy atom. The lowest BCUT2D eigenvalue weighted by atomic mass is 9.87. The Hall–Kier alpha value is -4.06. The molecule has 3 aromatic rings. The van der Waals surface area contributed by atoms with Crippen molar-refractivity contribution in [3.8, 4) is 5.75 Å². The molecule has 5 aliphatic heterocycles. The summed E-state index contributed by atoms with van der Waals surface area (Å²) in [5, 5.41) is 1.18. The fourth-order valence-electron chi connectivity index (χ4n) is 7.41. The standard InChI is InChI=1S/C36H36FN3O2/c1-21-23(3)42-20-30-22(2)40-19-29-26(9-7-24-8-10-33(31(37)15-24)39-12-5-4-6-13-39)28-16-25-11-14-41-35(25)18-32(28)38-36(29)34(40)17-27(21)30/h8,10,15-18,21H,2-7,9,11-14,19-20H2,1H3. The van der Waals surface area contributed by atoms with E-state index in [1.165, 1.54) is 34.1 Å². The first-order valence-corrected chi connectivity index (χ1v) is 15.3. The maximum Gasteiger partial charge on any atom is 0.146 e. The van der Waals surface area contributed by atoms with Gasteiger partial charge in [0.05, 0.1) is 41.5 Å². The second kappa shape index (κ2) is 9.75. The summed E-state index contributed by atoms with van der Waals surface area (Å²) in [5.74, 6) is 1.72. The van der Waals surface area contributed by atoms with Gasteiger partial charge in [-0.15, -0.1) is 0 Å². The lowest BCUT2D eigenvalue weighted by Crippen LogP contribution is -2.30. The molecule has 42 heavy (non-hydrogen) atoms. The summed E-state index contributed by atoms with van der Waals surface area (Å²) in [6.07, 6.45) is 8.26. The van der Waals surface area contributed by atoms with E-state index >= 15 is 4.39 Å². The van der Waals surface area contributed by atoms with Gasteiger partial charge in [-0.1, -0.05) is 26.1 Å². The van der Waals surface area contributed by atoms with E-state index in [1.54, 1.807) is 6.07 Å². The first-order valence-electron chi connectivity index (χ1n) is 15.3. The van der Waals surface area contributed by atoms with Crippen LogP contribution < -0.4 is 9.64 Å². The van der Waals surface area contributed by atoms with Crippen LogP contribution in [0.2, 0.25) is 0 Å². The third-order valence-electron chi connectivity index (χ3n) is 9.90. The van der Waals surface area contributed by atoms with E-state index in [0.29, 0.717) is 13.2 Å². The van der Waals surface area contributed by atoms with Gasteiger partial charge >= 0.3 is 0 Å². The van der Waals surface area contributed by atoms with Gasteiger partial charge in [0.2, 0.25) is 0 Å². The Labute approximate surface area is 246 Å². The summed E-state index contributed by atoms with van der Waals surface area (Å²) in [4.78, 5) is 9.74. The van der Waals surface area contributed by atoms with E-state index < -0.39 is 0 Å². The third-order valence-corrected chi connectivity index (χ3v) is 9.90. The molecule has 2 aromatic carbocycles. The first-order chi connectivity index (χ1) is 20.5. The number of benzene rings is 2. The van der Waals surface area contributed by atoms with Crippen LogP contribution >= 0.6 is 0 Å². The molecule has 0 radical (unpaired) electrons. The number of allylic oxidation sites excluding steroid dienone is 2. The SMILES string of the molecule is C=C1OCC2=C(C=C3c4nc5cc6c(cc5c(CCc5ccc(N7CCCCC7)c(F)c5)c4CN3C2=C)CCO6)C1C. The molecule has 5 nitrogen and oxygen atoms in total. The van der Waals surface area contributed by atoms with Crippen molar-refractivity contribution in [1.29, 1.82) is 0 Å². The predicted molar refractivity (Wildman–Crippen MR) is 165 cm³/mol. The number of pyridine rings is 1. The molecule has 0 amide bonds. The van der Waals surface area contributed by atoms with Crippen LogP contribution in [-0.2, 0) is 30.5 Å². The number of fused-ring (bicyclic) bond motifs is 5. The topological polar surface area (TPSA) is 37.8 Å². The van der Waals surface area contributed by atoms with Crippen LogP contribution in [0.25, 0.3) is 16.6 Å². The van der Waals surface area contributed by atoms with Crippen LogP contribution in [-0.4, -0.2) is 36.2 Å². The van der Waals surface area contributed by atoms with Crippen LogP contribution in [0.5, 0.6) is 5.75 Å². The summed E-state index contributed by atoms with van der Waals surface area (Å²) >= 11 is 0.